The summed E-state index contributed by atoms with van der Waals surface area (Å²) >= 11 is 0. The first-order valence-corrected chi connectivity index (χ1v) is 8.53. The second-order valence-electron chi connectivity index (χ2n) is 6.14. The molecule has 1 heterocycles. The van der Waals surface area contributed by atoms with Crippen LogP contribution in [0, 0.1) is 23.2 Å². The first-order chi connectivity index (χ1) is 13.9. The molecule has 0 amide bonds. The third-order valence-corrected chi connectivity index (χ3v) is 4.10. The molecule has 1 N–H and O–H groups in total. The summed E-state index contributed by atoms with van der Waals surface area (Å²) in [6, 6.07) is 9.84. The average molecular weight is 397 g/mol. The minimum atomic E-state index is -4.64. The van der Waals surface area contributed by atoms with Crippen LogP contribution in [0.3, 0.4) is 0 Å². The third-order valence-electron chi connectivity index (χ3n) is 4.10. The van der Waals surface area contributed by atoms with Gasteiger partial charge in [0.25, 0.3) is 0 Å². The summed E-state index contributed by atoms with van der Waals surface area (Å²) in [4.78, 5) is 0. The molecule has 0 saturated heterocycles. The number of tetrazole rings is 1. The van der Waals surface area contributed by atoms with Crippen molar-refractivity contribution in [3.05, 3.63) is 70.5 Å². The maximum atomic E-state index is 13.2. The predicted molar refractivity (Wildman–Crippen MR) is 96.4 cm³/mol. The fourth-order valence-corrected chi connectivity index (χ4v) is 2.72. The lowest BCUT2D eigenvalue weighted by molar-refractivity contribution is -0.137. The second kappa shape index (κ2) is 8.44. The van der Waals surface area contributed by atoms with E-state index in [4.69, 9.17) is 5.26 Å². The Labute approximate surface area is 164 Å². The Bertz CT molecular complexity index is 1110. The van der Waals surface area contributed by atoms with Gasteiger partial charge in [0.1, 0.15) is 12.1 Å². The van der Waals surface area contributed by atoms with Crippen molar-refractivity contribution in [1.29, 1.82) is 5.26 Å². The van der Waals surface area contributed by atoms with Gasteiger partial charge >= 0.3 is 6.18 Å². The monoisotopic (exact) mass is 397 g/mol. The van der Waals surface area contributed by atoms with Gasteiger partial charge in [0.2, 0.25) is 0 Å². The molecule has 3 rings (SSSR count). The van der Waals surface area contributed by atoms with E-state index in [1.165, 1.54) is 6.33 Å². The van der Waals surface area contributed by atoms with Crippen LogP contribution in [0.4, 0.5) is 13.2 Å². The van der Waals surface area contributed by atoms with Crippen molar-refractivity contribution in [3.63, 3.8) is 0 Å². The van der Waals surface area contributed by atoms with Crippen LogP contribution in [0.5, 0.6) is 5.75 Å². The molecule has 0 aliphatic heterocycles. The fourth-order valence-electron chi connectivity index (χ4n) is 2.72. The summed E-state index contributed by atoms with van der Waals surface area (Å²) < 4.78 is 41.2. The van der Waals surface area contributed by atoms with E-state index in [0.717, 1.165) is 17.7 Å². The number of phenolic OH excluding ortho intramolecular Hbond substituents is 1. The van der Waals surface area contributed by atoms with E-state index in [1.807, 2.05) is 6.07 Å². The van der Waals surface area contributed by atoms with E-state index in [0.29, 0.717) is 36.6 Å². The lowest BCUT2D eigenvalue weighted by Gasteiger charge is -2.09. The molecule has 0 aliphatic carbocycles. The Hall–Kier alpha value is -3.85. The topological polar surface area (TPSA) is 87.6 Å². The molecule has 1 aromatic heterocycles. The van der Waals surface area contributed by atoms with Crippen LogP contribution in [-0.2, 0) is 19.1 Å². The number of aromatic hydroxyl groups is 1. The molecule has 6 nitrogen and oxygen atoms in total. The minimum absolute atomic E-state index is 0.237. The van der Waals surface area contributed by atoms with Gasteiger partial charge in [0.15, 0.2) is 0 Å². The molecular weight excluding hydrogens is 383 g/mol. The van der Waals surface area contributed by atoms with Crippen LogP contribution in [-0.4, -0.2) is 25.3 Å². The van der Waals surface area contributed by atoms with Crippen molar-refractivity contribution >= 4 is 0 Å². The van der Waals surface area contributed by atoms with Gasteiger partial charge in [-0.2, -0.15) is 18.4 Å². The smallest absolute Gasteiger partial charge is 0.417 e. The molecule has 0 spiro atoms. The maximum Gasteiger partial charge on any atom is 0.417 e. The highest BCUT2D eigenvalue weighted by Crippen LogP contribution is 2.33. The number of hydrogen-bond acceptors (Lipinski definition) is 5. The fraction of sp³-hybridized carbons (Fsp3) is 0.200. The summed E-state index contributed by atoms with van der Waals surface area (Å²) in [6.45, 7) is 0.548. The zero-order valence-electron chi connectivity index (χ0n) is 15.0. The van der Waals surface area contributed by atoms with Crippen LogP contribution in [0.2, 0.25) is 0 Å². The molecule has 0 radical (unpaired) electrons. The molecule has 0 atom stereocenters. The molecule has 0 bridgehead atoms. The molecule has 2 aromatic carbocycles. The van der Waals surface area contributed by atoms with E-state index in [2.05, 4.69) is 27.4 Å². The van der Waals surface area contributed by atoms with Crippen molar-refractivity contribution in [1.82, 2.24) is 20.2 Å². The second-order valence-corrected chi connectivity index (χ2v) is 6.14. The van der Waals surface area contributed by atoms with Gasteiger partial charge < -0.3 is 5.11 Å². The van der Waals surface area contributed by atoms with Gasteiger partial charge in [0, 0.05) is 17.7 Å². The molecule has 3 aromatic rings. The van der Waals surface area contributed by atoms with Crippen molar-refractivity contribution in [2.75, 3.05) is 0 Å². The zero-order chi connectivity index (χ0) is 20.9. The Morgan fingerprint density at radius 3 is 2.52 bits per heavy atom. The molecule has 0 saturated carbocycles. The molecule has 0 unspecified atom stereocenters. The van der Waals surface area contributed by atoms with Crippen molar-refractivity contribution < 1.29 is 18.3 Å². The van der Waals surface area contributed by atoms with Crippen LogP contribution in [0.15, 0.2) is 42.7 Å². The number of nitrogens with zero attached hydrogens (tertiary/aromatic N) is 5. The summed E-state index contributed by atoms with van der Waals surface area (Å²) in [5.41, 5.74) is 0.477. The van der Waals surface area contributed by atoms with E-state index in [1.54, 1.807) is 22.9 Å². The van der Waals surface area contributed by atoms with Crippen LogP contribution < -0.4 is 0 Å². The minimum Gasteiger partial charge on any atom is -0.508 e. The highest BCUT2D eigenvalue weighted by molar-refractivity contribution is 5.53. The number of hydrogen-bond donors (Lipinski definition) is 1. The molecular formula is C20H14F3N5O. The Morgan fingerprint density at radius 1 is 1.07 bits per heavy atom. The third kappa shape index (κ3) is 5.11. The van der Waals surface area contributed by atoms with Crippen molar-refractivity contribution in [2.45, 2.75) is 25.6 Å². The Balaban J connectivity index is 1.89. The average Bonchev–Trinajstić information content (AvgIpc) is 3.20. The van der Waals surface area contributed by atoms with Crippen molar-refractivity contribution in [3.8, 4) is 23.7 Å². The standard InChI is InChI=1S/C20H14F3N5O/c21-20(22,23)19-11-18(29)8-7-16(19)6-5-15-4-3-14(12-24)10-17(15)2-1-9-28-13-25-26-27-28/h3-4,7-8,10-11,13,29H,1-2,9H2. The first kappa shape index (κ1) is 19.9. The van der Waals surface area contributed by atoms with E-state index >= 15 is 0 Å². The van der Waals surface area contributed by atoms with Crippen molar-refractivity contribution in [2.24, 2.45) is 0 Å². The van der Waals surface area contributed by atoms with Gasteiger partial charge in [0.05, 0.1) is 17.2 Å². The number of phenols is 1. The van der Waals surface area contributed by atoms with Gasteiger partial charge in [-0.05, 0) is 65.2 Å². The van der Waals surface area contributed by atoms with Gasteiger partial charge in [-0.25, -0.2) is 4.68 Å². The Morgan fingerprint density at radius 2 is 1.83 bits per heavy atom. The van der Waals surface area contributed by atoms with Gasteiger partial charge in [-0.15, -0.1) is 5.10 Å². The number of halogens is 3. The number of aromatic nitrogens is 4. The number of nitriles is 1. The lowest BCUT2D eigenvalue weighted by atomic mass is 9.99. The van der Waals surface area contributed by atoms with Gasteiger partial charge in [-0.3, -0.25) is 0 Å². The first-order valence-electron chi connectivity index (χ1n) is 8.53. The highest BCUT2D eigenvalue weighted by atomic mass is 19.4. The normalized spacial score (nSPS) is 10.8. The van der Waals surface area contributed by atoms with Gasteiger partial charge in [-0.1, -0.05) is 11.8 Å². The molecule has 9 heteroatoms. The van der Waals surface area contributed by atoms with E-state index < -0.39 is 17.5 Å². The quantitative estimate of drug-likeness (QED) is 0.683. The molecule has 0 fully saturated rings. The summed E-state index contributed by atoms with van der Waals surface area (Å²) in [5.74, 6) is 4.83. The van der Waals surface area contributed by atoms with Crippen LogP contribution >= 0.6 is 0 Å². The molecule has 0 aliphatic rings. The van der Waals surface area contributed by atoms with Crippen LogP contribution in [0.1, 0.15) is 34.2 Å². The molecule has 29 heavy (non-hydrogen) atoms. The number of alkyl halides is 3. The SMILES string of the molecule is N#Cc1ccc(C#Cc2ccc(O)cc2C(F)(F)F)c(CCCn2cnnn2)c1. The number of rotatable bonds is 4. The predicted octanol–water partition coefficient (Wildman–Crippen LogP) is 3.30. The van der Waals surface area contributed by atoms with Crippen LogP contribution in [0.25, 0.3) is 0 Å². The number of benzene rings is 2. The summed E-state index contributed by atoms with van der Waals surface area (Å²) in [5, 5.41) is 29.4. The zero-order valence-corrected chi connectivity index (χ0v) is 15.0. The molecule has 146 valence electrons. The highest BCUT2D eigenvalue weighted by Gasteiger charge is 2.33. The summed E-state index contributed by atoms with van der Waals surface area (Å²) in [6.07, 6.45) is -1.96. The largest absolute Gasteiger partial charge is 0.508 e. The van der Waals surface area contributed by atoms with E-state index in [9.17, 15) is 18.3 Å². The Kier molecular flexibility index (Phi) is 5.79. The van der Waals surface area contributed by atoms with E-state index in [-0.39, 0.29) is 5.56 Å². The maximum absolute atomic E-state index is 13.2. The lowest BCUT2D eigenvalue weighted by Crippen LogP contribution is -2.07. The summed E-state index contributed by atoms with van der Waals surface area (Å²) in [7, 11) is 0. The number of aryl methyl sites for hydroxylation is 2.